The van der Waals surface area contributed by atoms with E-state index in [9.17, 15) is 0 Å². The predicted octanol–water partition coefficient (Wildman–Crippen LogP) is 2.62. The van der Waals surface area contributed by atoms with Gasteiger partial charge in [-0.3, -0.25) is 4.84 Å². The number of halogens is 1. The van der Waals surface area contributed by atoms with E-state index in [4.69, 9.17) is 31.8 Å². The van der Waals surface area contributed by atoms with Crippen LogP contribution in [0.1, 0.15) is 30.9 Å². The van der Waals surface area contributed by atoms with Gasteiger partial charge in [-0.25, -0.2) is 5.90 Å². The summed E-state index contributed by atoms with van der Waals surface area (Å²) in [7, 11) is 0. The summed E-state index contributed by atoms with van der Waals surface area (Å²) in [6.07, 6.45) is 0. The Labute approximate surface area is 106 Å². The average Bonchev–Trinajstić information content (AvgIpc) is 2.29. The first-order chi connectivity index (χ1) is 8.15. The molecule has 2 rings (SSSR count). The Morgan fingerprint density at radius 3 is 2.59 bits per heavy atom. The Morgan fingerprint density at radius 2 is 2.00 bits per heavy atom. The van der Waals surface area contributed by atoms with Crippen molar-refractivity contribution in [1.29, 1.82) is 0 Å². The minimum atomic E-state index is 0.285. The molecule has 4 nitrogen and oxygen atoms in total. The molecule has 1 aliphatic rings. The van der Waals surface area contributed by atoms with Crippen molar-refractivity contribution in [3.8, 4) is 11.5 Å². The summed E-state index contributed by atoms with van der Waals surface area (Å²) in [6.45, 7) is 5.54. The number of hydrogen-bond acceptors (Lipinski definition) is 4. The number of fused-ring (bicyclic) bond motifs is 1. The molecule has 0 unspecified atom stereocenters. The molecule has 0 amide bonds. The molecule has 0 bridgehead atoms. The van der Waals surface area contributed by atoms with Crippen LogP contribution in [0.2, 0.25) is 5.02 Å². The van der Waals surface area contributed by atoms with Gasteiger partial charge in [0.1, 0.15) is 13.2 Å². The van der Waals surface area contributed by atoms with Crippen LogP contribution >= 0.6 is 11.6 Å². The largest absolute Gasteiger partial charge is 0.486 e. The molecule has 94 valence electrons. The fraction of sp³-hybridized carbons (Fsp3) is 0.500. The van der Waals surface area contributed by atoms with Crippen LogP contribution in [0.3, 0.4) is 0 Å². The van der Waals surface area contributed by atoms with Crippen LogP contribution in [0.25, 0.3) is 0 Å². The molecule has 2 N–H and O–H groups in total. The van der Waals surface area contributed by atoms with Crippen LogP contribution in [0.5, 0.6) is 11.5 Å². The topological polar surface area (TPSA) is 53.7 Å². The van der Waals surface area contributed by atoms with Crippen LogP contribution in [0, 0.1) is 0 Å². The highest BCUT2D eigenvalue weighted by atomic mass is 35.5. The fourth-order valence-corrected chi connectivity index (χ4v) is 2.35. The van der Waals surface area contributed by atoms with Gasteiger partial charge < -0.3 is 9.47 Å². The van der Waals surface area contributed by atoms with Crippen LogP contribution < -0.4 is 15.4 Å². The first kappa shape index (κ1) is 12.5. The van der Waals surface area contributed by atoms with Crippen LogP contribution in [-0.4, -0.2) is 13.2 Å². The molecule has 0 radical (unpaired) electrons. The zero-order valence-corrected chi connectivity index (χ0v) is 10.7. The van der Waals surface area contributed by atoms with Crippen LogP contribution in [0.4, 0.5) is 0 Å². The smallest absolute Gasteiger partial charge is 0.180 e. The summed E-state index contributed by atoms with van der Waals surface area (Å²) in [5.74, 6) is 6.78. The minimum Gasteiger partial charge on any atom is -0.486 e. The zero-order chi connectivity index (χ0) is 12.4. The van der Waals surface area contributed by atoms with E-state index in [1.165, 1.54) is 0 Å². The van der Waals surface area contributed by atoms with Crippen molar-refractivity contribution in [3.05, 3.63) is 22.2 Å². The molecule has 0 saturated heterocycles. The lowest BCUT2D eigenvalue weighted by Crippen LogP contribution is -2.18. The summed E-state index contributed by atoms with van der Waals surface area (Å²) < 4.78 is 11.2. The highest BCUT2D eigenvalue weighted by Crippen LogP contribution is 2.44. The lowest BCUT2D eigenvalue weighted by atomic mass is 9.95. The van der Waals surface area contributed by atoms with Crippen molar-refractivity contribution in [1.82, 2.24) is 0 Å². The summed E-state index contributed by atoms with van der Waals surface area (Å²) >= 11 is 6.16. The van der Waals surface area contributed by atoms with E-state index in [2.05, 4.69) is 13.8 Å². The normalized spacial score (nSPS) is 14.2. The number of ether oxygens (including phenoxy) is 2. The van der Waals surface area contributed by atoms with Gasteiger partial charge in [0.05, 0.1) is 11.6 Å². The summed E-state index contributed by atoms with van der Waals surface area (Å²) in [5, 5.41) is 0.538. The van der Waals surface area contributed by atoms with Gasteiger partial charge in [-0.15, -0.1) is 0 Å². The SMILES string of the molecule is CC(C)c1c(CON)cc(Cl)c2c1OCCO2. The van der Waals surface area contributed by atoms with Crippen molar-refractivity contribution in [2.45, 2.75) is 26.4 Å². The standard InChI is InChI=1S/C12H16ClNO3/c1-7(2)10-8(6-17-14)5-9(13)11-12(10)16-4-3-15-11/h5,7H,3-4,6,14H2,1-2H3. The molecule has 0 spiro atoms. The van der Waals surface area contributed by atoms with E-state index >= 15 is 0 Å². The van der Waals surface area contributed by atoms with E-state index in [1.807, 2.05) is 6.07 Å². The molecule has 1 heterocycles. The summed E-state index contributed by atoms with van der Waals surface area (Å²) in [4.78, 5) is 4.71. The Balaban J connectivity index is 2.58. The van der Waals surface area contributed by atoms with E-state index in [0.29, 0.717) is 30.6 Å². The van der Waals surface area contributed by atoms with E-state index < -0.39 is 0 Å². The van der Waals surface area contributed by atoms with Gasteiger partial charge in [0.25, 0.3) is 0 Å². The third-order valence-electron chi connectivity index (χ3n) is 2.71. The van der Waals surface area contributed by atoms with Gasteiger partial charge in [-0.05, 0) is 17.5 Å². The summed E-state index contributed by atoms with van der Waals surface area (Å²) in [6, 6.07) is 1.83. The van der Waals surface area contributed by atoms with Crippen molar-refractivity contribution in [3.63, 3.8) is 0 Å². The predicted molar refractivity (Wildman–Crippen MR) is 65.5 cm³/mol. The first-order valence-electron chi connectivity index (χ1n) is 5.57. The highest BCUT2D eigenvalue weighted by Gasteiger charge is 2.24. The number of nitrogens with two attached hydrogens (primary N) is 1. The Hall–Kier alpha value is -0.970. The Bertz CT molecular complexity index is 421. The molecular weight excluding hydrogens is 242 g/mol. The van der Waals surface area contributed by atoms with E-state index in [0.717, 1.165) is 16.9 Å². The maximum atomic E-state index is 6.16. The first-order valence-corrected chi connectivity index (χ1v) is 5.95. The lowest BCUT2D eigenvalue weighted by Gasteiger charge is -2.25. The molecular formula is C12H16ClNO3. The third-order valence-corrected chi connectivity index (χ3v) is 2.99. The second kappa shape index (κ2) is 5.12. The molecule has 0 aliphatic carbocycles. The van der Waals surface area contributed by atoms with Crippen molar-refractivity contribution >= 4 is 11.6 Å². The Kier molecular flexibility index (Phi) is 3.76. The van der Waals surface area contributed by atoms with Gasteiger partial charge in [-0.1, -0.05) is 25.4 Å². The maximum Gasteiger partial charge on any atom is 0.180 e. The maximum absolute atomic E-state index is 6.16. The number of hydrogen-bond donors (Lipinski definition) is 1. The van der Waals surface area contributed by atoms with E-state index in [1.54, 1.807) is 0 Å². The molecule has 5 heteroatoms. The molecule has 0 fully saturated rings. The second-order valence-electron chi connectivity index (χ2n) is 4.25. The third kappa shape index (κ3) is 2.34. The van der Waals surface area contributed by atoms with Gasteiger partial charge in [-0.2, -0.15) is 0 Å². The quantitative estimate of drug-likeness (QED) is 0.846. The zero-order valence-electron chi connectivity index (χ0n) is 9.96. The summed E-state index contributed by atoms with van der Waals surface area (Å²) in [5.41, 5.74) is 1.99. The molecule has 17 heavy (non-hydrogen) atoms. The molecule has 1 aliphatic heterocycles. The molecule has 0 aromatic heterocycles. The van der Waals surface area contributed by atoms with Crippen molar-refractivity contribution < 1.29 is 14.3 Å². The molecule has 0 atom stereocenters. The lowest BCUT2D eigenvalue weighted by molar-refractivity contribution is 0.122. The van der Waals surface area contributed by atoms with Crippen LogP contribution in [-0.2, 0) is 11.4 Å². The van der Waals surface area contributed by atoms with Crippen LogP contribution in [0.15, 0.2) is 6.07 Å². The van der Waals surface area contributed by atoms with Gasteiger partial charge in [0.2, 0.25) is 0 Å². The van der Waals surface area contributed by atoms with E-state index in [-0.39, 0.29) is 5.92 Å². The Morgan fingerprint density at radius 1 is 1.35 bits per heavy atom. The minimum absolute atomic E-state index is 0.285. The molecule has 0 saturated carbocycles. The van der Waals surface area contributed by atoms with Gasteiger partial charge >= 0.3 is 0 Å². The number of rotatable bonds is 3. The second-order valence-corrected chi connectivity index (χ2v) is 4.66. The highest BCUT2D eigenvalue weighted by molar-refractivity contribution is 6.32. The van der Waals surface area contributed by atoms with Crippen molar-refractivity contribution in [2.75, 3.05) is 13.2 Å². The molecule has 1 aromatic carbocycles. The van der Waals surface area contributed by atoms with Gasteiger partial charge in [0.15, 0.2) is 11.5 Å². The average molecular weight is 258 g/mol. The van der Waals surface area contributed by atoms with Crippen molar-refractivity contribution in [2.24, 2.45) is 5.90 Å². The number of benzene rings is 1. The monoisotopic (exact) mass is 257 g/mol. The fourth-order valence-electron chi connectivity index (χ4n) is 2.08. The molecule has 1 aromatic rings. The van der Waals surface area contributed by atoms with Gasteiger partial charge in [0, 0.05) is 5.56 Å².